The van der Waals surface area contributed by atoms with Gasteiger partial charge in [0.1, 0.15) is 17.6 Å². The topological polar surface area (TPSA) is 95.7 Å². The third-order valence-corrected chi connectivity index (χ3v) is 6.87. The molecule has 7 nitrogen and oxygen atoms in total. The Bertz CT molecular complexity index is 1120. The summed E-state index contributed by atoms with van der Waals surface area (Å²) < 4.78 is 11.1. The van der Waals surface area contributed by atoms with Crippen LogP contribution in [0.1, 0.15) is 60.5 Å². The zero-order valence-corrected chi connectivity index (χ0v) is 18.8. The second kappa shape index (κ2) is 9.17. The highest BCUT2D eigenvalue weighted by Crippen LogP contribution is 2.42. The van der Waals surface area contributed by atoms with Crippen LogP contribution in [0.25, 0.3) is 5.57 Å². The Labute approximate surface area is 192 Å². The van der Waals surface area contributed by atoms with Crippen LogP contribution in [0.4, 0.5) is 5.69 Å². The summed E-state index contributed by atoms with van der Waals surface area (Å²) in [7, 11) is 1.66. The van der Waals surface area contributed by atoms with E-state index in [4.69, 9.17) is 9.47 Å². The minimum Gasteiger partial charge on any atom is -0.497 e. The number of nitro groups is 1. The number of fused-ring (bicyclic) bond motifs is 1. The Balaban J connectivity index is 1.51. The number of Topliss-reactive ketones (excluding diaryl/α,β-unsaturated/α-hetero) is 1. The molecule has 0 unspecified atom stereocenters. The van der Waals surface area contributed by atoms with Gasteiger partial charge in [-0.3, -0.25) is 14.9 Å². The predicted molar refractivity (Wildman–Crippen MR) is 123 cm³/mol. The summed E-state index contributed by atoms with van der Waals surface area (Å²) in [4.78, 5) is 35.8. The minimum absolute atomic E-state index is 0.0895. The number of esters is 1. The lowest BCUT2D eigenvalue weighted by Crippen LogP contribution is -2.36. The summed E-state index contributed by atoms with van der Waals surface area (Å²) in [5.41, 5.74) is 2.99. The molecule has 4 rings (SSSR count). The standard InChI is InChI=1S/C26H27NO6/c1-26(15-14-17-4-3-5-19-16-21(32-2)10-11-22(17)19)23(28)12-13-24(26)33-25(29)18-6-8-20(9-7-18)27(30)31/h6-11,14,16,24H,3-5,12-13,15H2,1-2H3/b17-14+/t24-,26-/m1/s1. The molecule has 0 amide bonds. The number of ether oxygens (including phenoxy) is 2. The van der Waals surface area contributed by atoms with E-state index in [0.29, 0.717) is 19.3 Å². The molecule has 0 aliphatic heterocycles. The van der Waals surface area contributed by atoms with Crippen molar-refractivity contribution in [2.45, 2.75) is 51.6 Å². The average Bonchev–Trinajstić information content (AvgIpc) is 3.10. The normalized spacial score (nSPS) is 23.3. The van der Waals surface area contributed by atoms with E-state index < -0.39 is 22.4 Å². The molecule has 0 radical (unpaired) electrons. The molecule has 0 N–H and O–H groups in total. The Morgan fingerprint density at radius 1 is 1.18 bits per heavy atom. The maximum atomic E-state index is 12.8. The molecule has 1 fully saturated rings. The third-order valence-electron chi connectivity index (χ3n) is 6.87. The number of hydrogen-bond donors (Lipinski definition) is 0. The van der Waals surface area contributed by atoms with Crippen molar-refractivity contribution in [1.82, 2.24) is 0 Å². The number of methoxy groups -OCH3 is 1. The van der Waals surface area contributed by atoms with Gasteiger partial charge >= 0.3 is 5.97 Å². The van der Waals surface area contributed by atoms with Gasteiger partial charge in [-0.25, -0.2) is 4.79 Å². The third kappa shape index (κ3) is 4.53. The molecule has 1 saturated carbocycles. The smallest absolute Gasteiger partial charge is 0.338 e. The molecule has 0 saturated heterocycles. The van der Waals surface area contributed by atoms with Crippen molar-refractivity contribution in [3.05, 3.63) is 75.3 Å². The molecule has 0 aromatic heterocycles. The molecule has 0 bridgehead atoms. The summed E-state index contributed by atoms with van der Waals surface area (Å²) in [5.74, 6) is 0.358. The predicted octanol–water partition coefficient (Wildman–Crippen LogP) is 5.31. The first kappa shape index (κ1) is 22.7. The maximum absolute atomic E-state index is 12.8. The van der Waals surface area contributed by atoms with Crippen LogP contribution in [0.15, 0.2) is 48.5 Å². The Morgan fingerprint density at radius 2 is 1.94 bits per heavy atom. The number of non-ortho nitro benzene ring substituents is 1. The van der Waals surface area contributed by atoms with Gasteiger partial charge in [0, 0.05) is 18.6 Å². The van der Waals surface area contributed by atoms with Gasteiger partial charge in [0.15, 0.2) is 0 Å². The number of ketones is 1. The largest absolute Gasteiger partial charge is 0.497 e. The molecule has 2 aliphatic rings. The summed E-state index contributed by atoms with van der Waals surface area (Å²) in [6, 6.07) is 11.4. The average molecular weight is 450 g/mol. The van der Waals surface area contributed by atoms with Crippen molar-refractivity contribution in [2.75, 3.05) is 7.11 Å². The van der Waals surface area contributed by atoms with Crippen LogP contribution in [0, 0.1) is 15.5 Å². The highest BCUT2D eigenvalue weighted by Gasteiger charge is 2.47. The highest BCUT2D eigenvalue weighted by atomic mass is 16.6. The van der Waals surface area contributed by atoms with E-state index in [0.717, 1.165) is 25.0 Å². The molecule has 2 atom stereocenters. The fraction of sp³-hybridized carbons (Fsp3) is 0.385. The van der Waals surface area contributed by atoms with Gasteiger partial charge in [-0.1, -0.05) is 12.1 Å². The molecule has 0 spiro atoms. The number of aryl methyl sites for hydroxylation is 1. The fourth-order valence-electron chi connectivity index (χ4n) is 4.76. The Morgan fingerprint density at radius 3 is 2.64 bits per heavy atom. The van der Waals surface area contributed by atoms with Gasteiger partial charge in [-0.05, 0) is 80.0 Å². The van der Waals surface area contributed by atoms with E-state index in [1.165, 1.54) is 41.0 Å². The quantitative estimate of drug-likeness (QED) is 0.337. The van der Waals surface area contributed by atoms with Crippen molar-refractivity contribution >= 4 is 23.0 Å². The lowest BCUT2D eigenvalue weighted by Gasteiger charge is -2.29. The number of nitro benzene ring substituents is 1. The van der Waals surface area contributed by atoms with Crippen LogP contribution < -0.4 is 4.74 Å². The molecule has 7 heteroatoms. The molecule has 33 heavy (non-hydrogen) atoms. The Kier molecular flexibility index (Phi) is 6.31. The van der Waals surface area contributed by atoms with Crippen molar-refractivity contribution in [2.24, 2.45) is 5.41 Å². The second-order valence-corrected chi connectivity index (χ2v) is 8.89. The van der Waals surface area contributed by atoms with Crippen molar-refractivity contribution < 1.29 is 24.0 Å². The number of benzene rings is 2. The molecule has 0 heterocycles. The monoisotopic (exact) mass is 449 g/mol. The zero-order chi connectivity index (χ0) is 23.6. The van der Waals surface area contributed by atoms with Crippen molar-refractivity contribution in [3.8, 4) is 5.75 Å². The van der Waals surface area contributed by atoms with Gasteiger partial charge in [0.25, 0.3) is 5.69 Å². The molecule has 2 aromatic carbocycles. The summed E-state index contributed by atoms with van der Waals surface area (Å²) >= 11 is 0. The molecule has 2 aromatic rings. The van der Waals surface area contributed by atoms with Crippen LogP contribution in [0.3, 0.4) is 0 Å². The molecule has 172 valence electrons. The van der Waals surface area contributed by atoms with Crippen molar-refractivity contribution in [1.29, 1.82) is 0 Å². The number of hydrogen-bond acceptors (Lipinski definition) is 6. The first-order valence-corrected chi connectivity index (χ1v) is 11.2. The number of nitrogens with zero attached hydrogens (tertiary/aromatic N) is 1. The Hall–Kier alpha value is -3.48. The van der Waals surface area contributed by atoms with Gasteiger partial charge in [0.05, 0.1) is 23.0 Å². The van der Waals surface area contributed by atoms with E-state index >= 15 is 0 Å². The number of rotatable bonds is 6. The van der Waals surface area contributed by atoms with E-state index in [1.54, 1.807) is 7.11 Å². The van der Waals surface area contributed by atoms with Crippen molar-refractivity contribution in [3.63, 3.8) is 0 Å². The van der Waals surface area contributed by atoms with Gasteiger partial charge in [-0.2, -0.15) is 0 Å². The maximum Gasteiger partial charge on any atom is 0.338 e. The van der Waals surface area contributed by atoms with E-state index in [1.807, 2.05) is 13.0 Å². The van der Waals surface area contributed by atoms with E-state index in [2.05, 4.69) is 18.2 Å². The summed E-state index contributed by atoms with van der Waals surface area (Å²) in [6.45, 7) is 1.87. The first-order chi connectivity index (χ1) is 15.8. The van der Waals surface area contributed by atoms with Crippen LogP contribution >= 0.6 is 0 Å². The number of carbonyl (C=O) groups is 2. The van der Waals surface area contributed by atoms with Crippen LogP contribution in [-0.4, -0.2) is 29.9 Å². The summed E-state index contributed by atoms with van der Waals surface area (Å²) in [6.07, 6.45) is 5.90. The van der Waals surface area contributed by atoms with E-state index in [-0.39, 0.29) is 17.0 Å². The van der Waals surface area contributed by atoms with Gasteiger partial charge in [0.2, 0.25) is 0 Å². The van der Waals surface area contributed by atoms with Gasteiger partial charge in [-0.15, -0.1) is 0 Å². The molecule has 2 aliphatic carbocycles. The van der Waals surface area contributed by atoms with Crippen LogP contribution in [-0.2, 0) is 16.0 Å². The van der Waals surface area contributed by atoms with Crippen LogP contribution in [0.5, 0.6) is 5.75 Å². The first-order valence-electron chi connectivity index (χ1n) is 11.2. The fourth-order valence-corrected chi connectivity index (χ4v) is 4.76. The molecular formula is C26H27NO6. The molecular weight excluding hydrogens is 422 g/mol. The van der Waals surface area contributed by atoms with E-state index in [9.17, 15) is 19.7 Å². The zero-order valence-electron chi connectivity index (χ0n) is 18.8. The number of carbonyl (C=O) groups excluding carboxylic acids is 2. The lowest BCUT2D eigenvalue weighted by molar-refractivity contribution is -0.384. The highest BCUT2D eigenvalue weighted by molar-refractivity contribution is 5.92. The van der Waals surface area contributed by atoms with Gasteiger partial charge < -0.3 is 9.47 Å². The minimum atomic E-state index is -0.798. The lowest BCUT2D eigenvalue weighted by atomic mass is 9.79. The summed E-state index contributed by atoms with van der Waals surface area (Å²) in [5, 5.41) is 10.8. The SMILES string of the molecule is COc1ccc2c(c1)CCC/C2=C\C[C@]1(C)C(=O)CC[C@H]1OC(=O)c1ccc([N+](=O)[O-])cc1. The number of allylic oxidation sites excluding steroid dienone is 2. The second-order valence-electron chi connectivity index (χ2n) is 8.89. The van der Waals surface area contributed by atoms with Crippen LogP contribution in [0.2, 0.25) is 0 Å².